The van der Waals surface area contributed by atoms with E-state index in [2.05, 4.69) is 22.5 Å². The van der Waals surface area contributed by atoms with Crippen LogP contribution in [0.25, 0.3) is 0 Å². The number of hydrogen-bond acceptors (Lipinski definition) is 2. The first-order valence-corrected chi connectivity index (χ1v) is 6.36. The standard InChI is InChI=1S/C12H8BrClFNO2/c1-6(4-14)5-16-10-3-9(15)8(13)2-7(10)11(17)12(16)18/h2-3H,1,4-5H2. The number of amides is 1. The Bertz CT molecular complexity index is 573. The zero-order chi connectivity index (χ0) is 13.4. The van der Waals surface area contributed by atoms with Crippen LogP contribution in [-0.4, -0.2) is 24.1 Å². The Balaban J connectivity index is 2.48. The van der Waals surface area contributed by atoms with Crippen molar-refractivity contribution in [2.75, 3.05) is 17.3 Å². The molecule has 3 nitrogen and oxygen atoms in total. The number of benzene rings is 1. The lowest BCUT2D eigenvalue weighted by Gasteiger charge is -2.17. The molecule has 1 aromatic carbocycles. The van der Waals surface area contributed by atoms with Crippen molar-refractivity contribution in [1.82, 2.24) is 0 Å². The minimum absolute atomic E-state index is 0.113. The van der Waals surface area contributed by atoms with E-state index in [0.29, 0.717) is 5.57 Å². The minimum atomic E-state index is -0.686. The highest BCUT2D eigenvalue weighted by molar-refractivity contribution is 9.10. The summed E-state index contributed by atoms with van der Waals surface area (Å²) in [4.78, 5) is 24.7. The minimum Gasteiger partial charge on any atom is -0.301 e. The third-order valence-corrected chi connectivity index (χ3v) is 3.57. The first-order chi connectivity index (χ1) is 8.45. The molecule has 1 heterocycles. The van der Waals surface area contributed by atoms with Crippen molar-refractivity contribution in [3.8, 4) is 0 Å². The molecule has 18 heavy (non-hydrogen) atoms. The van der Waals surface area contributed by atoms with E-state index in [1.807, 2.05) is 0 Å². The summed E-state index contributed by atoms with van der Waals surface area (Å²) in [5.41, 5.74) is 1.03. The number of anilines is 1. The van der Waals surface area contributed by atoms with Crippen molar-refractivity contribution >= 4 is 44.9 Å². The van der Waals surface area contributed by atoms with E-state index in [1.165, 1.54) is 11.0 Å². The summed E-state index contributed by atoms with van der Waals surface area (Å²) < 4.78 is 13.6. The molecule has 94 valence electrons. The molecule has 6 heteroatoms. The third kappa shape index (κ3) is 2.08. The maximum Gasteiger partial charge on any atom is 0.299 e. The van der Waals surface area contributed by atoms with Crippen molar-refractivity contribution in [3.63, 3.8) is 0 Å². The molecule has 2 rings (SSSR count). The topological polar surface area (TPSA) is 37.4 Å². The van der Waals surface area contributed by atoms with Crippen LogP contribution < -0.4 is 4.90 Å². The molecule has 1 aliphatic heterocycles. The van der Waals surface area contributed by atoms with Gasteiger partial charge in [0.05, 0.1) is 15.7 Å². The van der Waals surface area contributed by atoms with Gasteiger partial charge in [-0.3, -0.25) is 9.59 Å². The highest BCUT2D eigenvalue weighted by Gasteiger charge is 2.36. The van der Waals surface area contributed by atoms with Gasteiger partial charge in [0.2, 0.25) is 0 Å². The van der Waals surface area contributed by atoms with Crippen molar-refractivity contribution in [2.45, 2.75) is 0 Å². The molecule has 0 fully saturated rings. The van der Waals surface area contributed by atoms with Crippen LogP contribution in [-0.2, 0) is 4.79 Å². The zero-order valence-corrected chi connectivity index (χ0v) is 11.5. The predicted octanol–water partition coefficient (Wildman–Crippen LogP) is 2.91. The highest BCUT2D eigenvalue weighted by atomic mass is 79.9. The summed E-state index contributed by atoms with van der Waals surface area (Å²) in [7, 11) is 0. The lowest BCUT2D eigenvalue weighted by molar-refractivity contribution is -0.114. The van der Waals surface area contributed by atoms with E-state index in [4.69, 9.17) is 11.6 Å². The van der Waals surface area contributed by atoms with Gasteiger partial charge in [-0.2, -0.15) is 0 Å². The van der Waals surface area contributed by atoms with Gasteiger partial charge >= 0.3 is 0 Å². The zero-order valence-electron chi connectivity index (χ0n) is 9.17. The monoisotopic (exact) mass is 331 g/mol. The maximum atomic E-state index is 13.5. The quantitative estimate of drug-likeness (QED) is 0.485. The van der Waals surface area contributed by atoms with Crippen LogP contribution in [0.2, 0.25) is 0 Å². The van der Waals surface area contributed by atoms with Gasteiger partial charge in [0.25, 0.3) is 11.7 Å². The number of nitrogens with zero attached hydrogens (tertiary/aromatic N) is 1. The predicted molar refractivity (Wildman–Crippen MR) is 70.6 cm³/mol. The Morgan fingerprint density at radius 2 is 2.11 bits per heavy atom. The number of carbonyl (C=O) groups excluding carboxylic acids is 2. The van der Waals surface area contributed by atoms with Crippen molar-refractivity contribution < 1.29 is 14.0 Å². The number of fused-ring (bicyclic) bond motifs is 1. The van der Waals surface area contributed by atoms with Crippen molar-refractivity contribution in [2.24, 2.45) is 0 Å². The Morgan fingerprint density at radius 3 is 2.72 bits per heavy atom. The molecule has 1 aliphatic rings. The van der Waals surface area contributed by atoms with Crippen LogP contribution in [0.3, 0.4) is 0 Å². The van der Waals surface area contributed by atoms with E-state index < -0.39 is 17.5 Å². The number of carbonyl (C=O) groups is 2. The van der Waals surface area contributed by atoms with Crippen molar-refractivity contribution in [1.29, 1.82) is 0 Å². The van der Waals surface area contributed by atoms with Crippen LogP contribution in [0.5, 0.6) is 0 Å². The molecule has 0 atom stereocenters. The number of alkyl halides is 1. The van der Waals surface area contributed by atoms with Gasteiger partial charge in [-0.25, -0.2) is 4.39 Å². The molecule has 0 radical (unpaired) electrons. The molecule has 0 aromatic heterocycles. The molecular weight excluding hydrogens is 324 g/mol. The highest BCUT2D eigenvalue weighted by Crippen LogP contribution is 2.33. The summed E-state index contributed by atoms with van der Waals surface area (Å²) in [5.74, 6) is -1.69. The fourth-order valence-corrected chi connectivity index (χ4v) is 2.14. The molecule has 0 spiro atoms. The summed E-state index contributed by atoms with van der Waals surface area (Å²) >= 11 is 8.58. The maximum absolute atomic E-state index is 13.5. The van der Waals surface area contributed by atoms with Crippen LogP contribution >= 0.6 is 27.5 Å². The molecule has 0 bridgehead atoms. The Kier molecular flexibility index (Phi) is 3.54. The van der Waals surface area contributed by atoms with Gasteiger partial charge in [-0.1, -0.05) is 6.58 Å². The second-order valence-electron chi connectivity index (χ2n) is 3.89. The van der Waals surface area contributed by atoms with E-state index >= 15 is 0 Å². The molecule has 0 saturated carbocycles. The number of Topliss-reactive ketones (excluding diaryl/α,β-unsaturated/α-hetero) is 1. The van der Waals surface area contributed by atoms with Gasteiger partial charge in [-0.15, -0.1) is 11.6 Å². The average molecular weight is 333 g/mol. The summed E-state index contributed by atoms with van der Waals surface area (Å²) in [6, 6.07) is 2.47. The van der Waals surface area contributed by atoms with Gasteiger partial charge in [0.1, 0.15) is 5.82 Å². The third-order valence-electron chi connectivity index (χ3n) is 2.58. The lowest BCUT2D eigenvalue weighted by atomic mass is 10.1. The molecule has 1 aromatic rings. The first kappa shape index (κ1) is 13.2. The molecule has 0 N–H and O–H groups in total. The van der Waals surface area contributed by atoms with Gasteiger partial charge in [-0.05, 0) is 33.6 Å². The fraction of sp³-hybridized carbons (Fsp3) is 0.167. The fourth-order valence-electron chi connectivity index (χ4n) is 1.71. The molecule has 0 unspecified atom stereocenters. The molecule has 0 saturated heterocycles. The summed E-state index contributed by atoms with van der Waals surface area (Å²) in [6.45, 7) is 3.78. The Labute approximate surface area is 116 Å². The van der Waals surface area contributed by atoms with E-state index in [0.717, 1.165) is 6.07 Å². The second kappa shape index (κ2) is 4.82. The van der Waals surface area contributed by atoms with E-state index in [9.17, 15) is 14.0 Å². The van der Waals surface area contributed by atoms with Gasteiger partial charge < -0.3 is 4.90 Å². The van der Waals surface area contributed by atoms with Crippen LogP contribution in [0, 0.1) is 5.82 Å². The molecular formula is C12H8BrClFNO2. The normalized spacial score (nSPS) is 14.1. The lowest BCUT2D eigenvalue weighted by Crippen LogP contribution is -2.31. The second-order valence-corrected chi connectivity index (χ2v) is 5.01. The Morgan fingerprint density at radius 1 is 1.44 bits per heavy atom. The van der Waals surface area contributed by atoms with E-state index in [1.54, 1.807) is 0 Å². The molecule has 0 aliphatic carbocycles. The molecule has 1 amide bonds. The SMILES string of the molecule is C=C(CCl)CN1C(=O)C(=O)c2cc(Br)c(F)cc21. The summed E-state index contributed by atoms with van der Waals surface area (Å²) in [6.07, 6.45) is 0. The van der Waals surface area contributed by atoms with Crippen LogP contribution in [0.1, 0.15) is 10.4 Å². The smallest absolute Gasteiger partial charge is 0.299 e. The van der Waals surface area contributed by atoms with Crippen molar-refractivity contribution in [3.05, 3.63) is 40.1 Å². The van der Waals surface area contributed by atoms with Crippen LogP contribution in [0.15, 0.2) is 28.8 Å². The number of hydrogen-bond donors (Lipinski definition) is 0. The Hall–Kier alpha value is -1.20. The van der Waals surface area contributed by atoms with Gasteiger partial charge in [0.15, 0.2) is 0 Å². The number of rotatable bonds is 3. The number of ketones is 1. The average Bonchev–Trinajstić information content (AvgIpc) is 2.56. The largest absolute Gasteiger partial charge is 0.301 e. The van der Waals surface area contributed by atoms with Gasteiger partial charge in [0, 0.05) is 12.4 Å². The van der Waals surface area contributed by atoms with E-state index in [-0.39, 0.29) is 28.1 Å². The summed E-state index contributed by atoms with van der Waals surface area (Å²) in [5, 5.41) is 0. The number of halogens is 3. The van der Waals surface area contributed by atoms with Crippen LogP contribution in [0.4, 0.5) is 10.1 Å². The first-order valence-electron chi connectivity index (χ1n) is 5.03.